The molecule has 0 unspecified atom stereocenters. The number of aromatic nitrogens is 2. The van der Waals surface area contributed by atoms with E-state index in [0.717, 1.165) is 16.2 Å². The van der Waals surface area contributed by atoms with E-state index in [1.165, 1.54) is 4.91 Å². The van der Waals surface area contributed by atoms with Gasteiger partial charge in [0.1, 0.15) is 0 Å². The lowest BCUT2D eigenvalue weighted by Gasteiger charge is -1.93. The Morgan fingerprint density at radius 3 is 2.93 bits per heavy atom. The number of para-hydroxylation sites is 2. The largest absolute Gasteiger partial charge is 0.333 e. The van der Waals surface area contributed by atoms with Gasteiger partial charge in [0.15, 0.2) is 5.16 Å². The molecule has 72 valence electrons. The van der Waals surface area contributed by atoms with Crippen LogP contribution < -0.4 is 0 Å². The maximum absolute atomic E-state index is 4.47. The topological polar surface area (TPSA) is 28.7 Å². The molecule has 1 aromatic heterocycles. The fraction of sp³-hybridized carbons (Fsp3) is 0.182. The van der Waals surface area contributed by atoms with Gasteiger partial charge in [-0.2, -0.15) is 0 Å². The van der Waals surface area contributed by atoms with E-state index >= 15 is 0 Å². The van der Waals surface area contributed by atoms with Crippen molar-refractivity contribution in [3.05, 3.63) is 35.2 Å². The van der Waals surface area contributed by atoms with Gasteiger partial charge in [-0.1, -0.05) is 30.0 Å². The molecule has 0 fully saturated rings. The Kier molecular flexibility index (Phi) is 2.59. The van der Waals surface area contributed by atoms with Gasteiger partial charge in [-0.25, -0.2) is 4.98 Å². The van der Waals surface area contributed by atoms with Crippen LogP contribution in [0.3, 0.4) is 0 Å². The van der Waals surface area contributed by atoms with Crippen LogP contribution in [0.15, 0.2) is 40.4 Å². The Morgan fingerprint density at radius 1 is 1.43 bits per heavy atom. The number of imidazole rings is 1. The Bertz CT molecular complexity index is 438. The van der Waals surface area contributed by atoms with E-state index in [1.54, 1.807) is 11.8 Å². The van der Waals surface area contributed by atoms with E-state index < -0.39 is 0 Å². The highest BCUT2D eigenvalue weighted by Crippen LogP contribution is 2.25. The zero-order valence-corrected chi connectivity index (χ0v) is 9.06. The average molecular weight is 204 g/mol. The first-order valence-corrected chi connectivity index (χ1v) is 5.37. The molecule has 1 N–H and O–H groups in total. The molecule has 0 bridgehead atoms. The molecule has 2 rings (SSSR count). The maximum Gasteiger partial charge on any atom is 0.170 e. The molecule has 1 heterocycles. The van der Waals surface area contributed by atoms with Gasteiger partial charge in [-0.05, 0) is 30.9 Å². The summed E-state index contributed by atoms with van der Waals surface area (Å²) in [7, 11) is 0. The van der Waals surface area contributed by atoms with Crippen LogP contribution in [0.5, 0.6) is 0 Å². The molecule has 14 heavy (non-hydrogen) atoms. The van der Waals surface area contributed by atoms with Crippen LogP contribution in [-0.2, 0) is 0 Å². The van der Waals surface area contributed by atoms with Crippen LogP contribution in [0, 0.1) is 0 Å². The third kappa shape index (κ3) is 1.82. The minimum absolute atomic E-state index is 0.960. The van der Waals surface area contributed by atoms with Gasteiger partial charge in [-0.15, -0.1) is 0 Å². The van der Waals surface area contributed by atoms with E-state index in [-0.39, 0.29) is 0 Å². The zero-order chi connectivity index (χ0) is 9.97. The molecule has 0 amide bonds. The van der Waals surface area contributed by atoms with Gasteiger partial charge < -0.3 is 4.98 Å². The zero-order valence-electron chi connectivity index (χ0n) is 8.24. The molecular weight excluding hydrogens is 192 g/mol. The maximum atomic E-state index is 4.47. The normalized spacial score (nSPS) is 12.3. The SMILES string of the molecule is C/C=C(\C)Sc1nc2ccccc2[nH]1. The first kappa shape index (κ1) is 9.34. The minimum Gasteiger partial charge on any atom is -0.333 e. The monoisotopic (exact) mass is 204 g/mol. The number of aromatic amines is 1. The quantitative estimate of drug-likeness (QED) is 0.757. The average Bonchev–Trinajstić information content (AvgIpc) is 2.59. The number of rotatable bonds is 2. The second kappa shape index (κ2) is 3.88. The third-order valence-electron chi connectivity index (χ3n) is 2.03. The van der Waals surface area contributed by atoms with Gasteiger partial charge in [0.25, 0.3) is 0 Å². The number of fused-ring (bicyclic) bond motifs is 1. The van der Waals surface area contributed by atoms with Crippen molar-refractivity contribution in [1.29, 1.82) is 0 Å². The summed E-state index contributed by atoms with van der Waals surface area (Å²) in [4.78, 5) is 8.99. The number of hydrogen-bond donors (Lipinski definition) is 1. The Balaban J connectivity index is 2.36. The summed E-state index contributed by atoms with van der Waals surface area (Å²) in [5, 5.41) is 0.960. The fourth-order valence-electron chi connectivity index (χ4n) is 1.19. The summed E-state index contributed by atoms with van der Waals surface area (Å²) in [6.45, 7) is 4.11. The molecule has 0 aliphatic rings. The third-order valence-corrected chi connectivity index (χ3v) is 2.98. The predicted octanol–water partition coefficient (Wildman–Crippen LogP) is 3.58. The van der Waals surface area contributed by atoms with E-state index in [9.17, 15) is 0 Å². The minimum atomic E-state index is 0.960. The lowest BCUT2D eigenvalue weighted by Crippen LogP contribution is -1.73. The van der Waals surface area contributed by atoms with Crippen molar-refractivity contribution in [2.24, 2.45) is 0 Å². The molecule has 2 nitrogen and oxygen atoms in total. The Hall–Kier alpha value is -1.22. The van der Waals surface area contributed by atoms with Crippen LogP contribution >= 0.6 is 11.8 Å². The molecular formula is C11H12N2S. The molecule has 1 aromatic carbocycles. The van der Waals surface area contributed by atoms with Crippen molar-refractivity contribution < 1.29 is 0 Å². The molecule has 2 aromatic rings. The highest BCUT2D eigenvalue weighted by atomic mass is 32.2. The highest BCUT2D eigenvalue weighted by molar-refractivity contribution is 8.02. The van der Waals surface area contributed by atoms with E-state index in [1.807, 2.05) is 31.2 Å². The molecule has 3 heteroatoms. The molecule has 0 aliphatic carbocycles. The molecule has 0 radical (unpaired) electrons. The summed E-state index contributed by atoms with van der Waals surface area (Å²) in [5.41, 5.74) is 2.12. The van der Waals surface area contributed by atoms with E-state index in [2.05, 4.69) is 23.0 Å². The van der Waals surface area contributed by atoms with Crippen LogP contribution in [0.2, 0.25) is 0 Å². The number of benzene rings is 1. The van der Waals surface area contributed by atoms with Crippen molar-refractivity contribution in [2.75, 3.05) is 0 Å². The number of allylic oxidation sites excluding steroid dienone is 2. The van der Waals surface area contributed by atoms with Gasteiger partial charge >= 0.3 is 0 Å². The lowest BCUT2D eigenvalue weighted by molar-refractivity contribution is 1.08. The molecule has 0 atom stereocenters. The van der Waals surface area contributed by atoms with Crippen LogP contribution in [-0.4, -0.2) is 9.97 Å². The number of hydrogen-bond acceptors (Lipinski definition) is 2. The summed E-state index contributed by atoms with van der Waals surface area (Å²) >= 11 is 1.66. The van der Waals surface area contributed by atoms with Crippen molar-refractivity contribution in [3.63, 3.8) is 0 Å². The fourth-order valence-corrected chi connectivity index (χ4v) is 1.92. The van der Waals surface area contributed by atoms with Crippen molar-refractivity contribution >= 4 is 22.8 Å². The van der Waals surface area contributed by atoms with Crippen molar-refractivity contribution in [2.45, 2.75) is 19.0 Å². The molecule has 0 spiro atoms. The standard InChI is InChI=1S/C11H12N2S/c1-3-8(2)14-11-12-9-6-4-5-7-10(9)13-11/h3-7H,1-2H3,(H,12,13)/b8-3+. The summed E-state index contributed by atoms with van der Waals surface area (Å²) in [5.74, 6) is 0. The van der Waals surface area contributed by atoms with E-state index in [4.69, 9.17) is 0 Å². The number of H-pyrrole nitrogens is 1. The van der Waals surface area contributed by atoms with Gasteiger partial charge in [0.05, 0.1) is 11.0 Å². The smallest absolute Gasteiger partial charge is 0.170 e. The molecule has 0 saturated carbocycles. The summed E-state index contributed by atoms with van der Waals surface area (Å²) in [6, 6.07) is 8.07. The van der Waals surface area contributed by atoms with Gasteiger partial charge in [-0.3, -0.25) is 0 Å². The van der Waals surface area contributed by atoms with Crippen LogP contribution in [0.25, 0.3) is 11.0 Å². The first-order chi connectivity index (χ1) is 6.79. The number of nitrogens with zero attached hydrogens (tertiary/aromatic N) is 1. The molecule has 0 aliphatic heterocycles. The van der Waals surface area contributed by atoms with Gasteiger partial charge in [0, 0.05) is 0 Å². The van der Waals surface area contributed by atoms with Crippen LogP contribution in [0.1, 0.15) is 13.8 Å². The summed E-state index contributed by atoms with van der Waals surface area (Å²) < 4.78 is 0. The predicted molar refractivity (Wildman–Crippen MR) is 61.4 cm³/mol. The summed E-state index contributed by atoms with van der Waals surface area (Å²) in [6.07, 6.45) is 2.08. The Labute approximate surface area is 87.4 Å². The Morgan fingerprint density at radius 2 is 2.21 bits per heavy atom. The second-order valence-corrected chi connectivity index (χ2v) is 4.30. The van der Waals surface area contributed by atoms with Crippen molar-refractivity contribution in [1.82, 2.24) is 9.97 Å². The number of thioether (sulfide) groups is 1. The molecule has 0 saturated heterocycles. The first-order valence-electron chi connectivity index (χ1n) is 4.55. The van der Waals surface area contributed by atoms with E-state index in [0.29, 0.717) is 0 Å². The highest BCUT2D eigenvalue weighted by Gasteiger charge is 2.02. The van der Waals surface area contributed by atoms with Gasteiger partial charge in [0.2, 0.25) is 0 Å². The second-order valence-electron chi connectivity index (χ2n) is 3.06. The van der Waals surface area contributed by atoms with Crippen molar-refractivity contribution in [3.8, 4) is 0 Å². The lowest BCUT2D eigenvalue weighted by atomic mass is 10.3. The van der Waals surface area contributed by atoms with Crippen LogP contribution in [0.4, 0.5) is 0 Å². The number of nitrogens with one attached hydrogen (secondary N) is 1.